The fourth-order valence-corrected chi connectivity index (χ4v) is 4.02. The smallest absolute Gasteiger partial charge is 0.379 e. The van der Waals surface area contributed by atoms with Crippen molar-refractivity contribution in [3.63, 3.8) is 0 Å². The van der Waals surface area contributed by atoms with E-state index >= 15 is 0 Å². The van der Waals surface area contributed by atoms with Crippen LogP contribution in [0.1, 0.15) is 50.1 Å². The number of benzene rings is 2. The SMILES string of the molecule is CC(OC(=O)c1nc(-c2ccccc2)n(-c2ccccc2)n1)C(=O)NC1CCCCC1C. The normalized spacial score (nSPS) is 19.2. The molecular weight excluding hydrogens is 404 g/mol. The van der Waals surface area contributed by atoms with Gasteiger partial charge in [-0.2, -0.15) is 0 Å². The van der Waals surface area contributed by atoms with Crippen molar-refractivity contribution < 1.29 is 14.3 Å². The fraction of sp³-hybridized carbons (Fsp3) is 0.360. The maximum atomic E-state index is 12.8. The van der Waals surface area contributed by atoms with E-state index in [0.29, 0.717) is 11.7 Å². The van der Waals surface area contributed by atoms with Gasteiger partial charge in [-0.05, 0) is 37.8 Å². The number of hydrogen-bond acceptors (Lipinski definition) is 5. The van der Waals surface area contributed by atoms with Gasteiger partial charge in [0.1, 0.15) is 0 Å². The van der Waals surface area contributed by atoms with Crippen molar-refractivity contribution in [1.82, 2.24) is 20.1 Å². The van der Waals surface area contributed by atoms with E-state index in [-0.39, 0.29) is 17.8 Å². The monoisotopic (exact) mass is 432 g/mol. The Morgan fingerprint density at radius 1 is 1.03 bits per heavy atom. The standard InChI is InChI=1S/C25H28N4O3/c1-17-11-9-10-16-21(17)26-24(30)18(2)32-25(31)22-27-23(19-12-5-3-6-13-19)29(28-22)20-14-7-4-8-15-20/h3-8,12-15,17-18,21H,9-11,16H2,1-2H3,(H,26,30). The lowest BCUT2D eigenvalue weighted by Gasteiger charge is -2.30. The maximum absolute atomic E-state index is 12.8. The Morgan fingerprint density at radius 2 is 1.69 bits per heavy atom. The van der Waals surface area contributed by atoms with E-state index in [2.05, 4.69) is 22.3 Å². The molecule has 1 aliphatic carbocycles. The summed E-state index contributed by atoms with van der Waals surface area (Å²) in [6.07, 6.45) is 3.42. The summed E-state index contributed by atoms with van der Waals surface area (Å²) in [5, 5.41) is 7.43. The molecule has 0 radical (unpaired) electrons. The second-order valence-electron chi connectivity index (χ2n) is 8.30. The minimum absolute atomic E-state index is 0.0848. The van der Waals surface area contributed by atoms with Gasteiger partial charge in [-0.1, -0.05) is 68.3 Å². The second kappa shape index (κ2) is 9.77. The highest BCUT2D eigenvalue weighted by molar-refractivity contribution is 5.89. The topological polar surface area (TPSA) is 86.1 Å². The van der Waals surface area contributed by atoms with Crippen LogP contribution in [0, 0.1) is 5.92 Å². The molecule has 4 rings (SSSR count). The molecule has 2 aromatic carbocycles. The third-order valence-corrected chi connectivity index (χ3v) is 5.91. The Labute approximate surface area is 187 Å². The van der Waals surface area contributed by atoms with Gasteiger partial charge in [0, 0.05) is 11.6 Å². The molecule has 7 heteroatoms. The van der Waals surface area contributed by atoms with Crippen LogP contribution in [-0.4, -0.2) is 38.8 Å². The highest BCUT2D eigenvalue weighted by Crippen LogP contribution is 2.24. The number of ether oxygens (including phenoxy) is 1. The zero-order valence-corrected chi connectivity index (χ0v) is 18.4. The largest absolute Gasteiger partial charge is 0.447 e. The average Bonchev–Trinajstić information content (AvgIpc) is 3.27. The number of hydrogen-bond donors (Lipinski definition) is 1. The number of esters is 1. The second-order valence-corrected chi connectivity index (χ2v) is 8.30. The van der Waals surface area contributed by atoms with Crippen LogP contribution in [-0.2, 0) is 9.53 Å². The highest BCUT2D eigenvalue weighted by atomic mass is 16.5. The van der Waals surface area contributed by atoms with E-state index in [1.165, 1.54) is 6.42 Å². The average molecular weight is 433 g/mol. The molecular formula is C25H28N4O3. The number of carbonyl (C=O) groups excluding carboxylic acids is 2. The predicted octanol–water partition coefficient (Wildman–Crippen LogP) is 4.17. The fourth-order valence-electron chi connectivity index (χ4n) is 4.02. The van der Waals surface area contributed by atoms with Crippen molar-refractivity contribution in [2.45, 2.75) is 51.7 Å². The molecule has 1 amide bonds. The summed E-state index contributed by atoms with van der Waals surface area (Å²) in [6.45, 7) is 3.72. The summed E-state index contributed by atoms with van der Waals surface area (Å²) in [7, 11) is 0. The van der Waals surface area contributed by atoms with Crippen molar-refractivity contribution in [1.29, 1.82) is 0 Å². The van der Waals surface area contributed by atoms with Gasteiger partial charge in [-0.15, -0.1) is 5.10 Å². The predicted molar refractivity (Wildman–Crippen MR) is 121 cm³/mol. The third kappa shape index (κ3) is 4.88. The van der Waals surface area contributed by atoms with Crippen LogP contribution >= 0.6 is 0 Å². The molecule has 0 aliphatic heterocycles. The van der Waals surface area contributed by atoms with Crippen LogP contribution in [0.2, 0.25) is 0 Å². The number of carbonyl (C=O) groups is 2. The molecule has 3 unspecified atom stereocenters. The summed E-state index contributed by atoms with van der Waals surface area (Å²) < 4.78 is 7.04. The van der Waals surface area contributed by atoms with E-state index < -0.39 is 12.1 Å². The van der Waals surface area contributed by atoms with E-state index in [4.69, 9.17) is 4.74 Å². The van der Waals surface area contributed by atoms with Crippen LogP contribution in [0.3, 0.4) is 0 Å². The van der Waals surface area contributed by atoms with Crippen LogP contribution < -0.4 is 5.32 Å². The Bertz CT molecular complexity index is 1010. The number of para-hydroxylation sites is 1. The molecule has 3 aromatic rings. The van der Waals surface area contributed by atoms with Crippen molar-refractivity contribution in [3.05, 3.63) is 66.5 Å². The van der Waals surface area contributed by atoms with Crippen molar-refractivity contribution >= 4 is 11.9 Å². The molecule has 0 bridgehead atoms. The highest BCUT2D eigenvalue weighted by Gasteiger charge is 2.28. The molecule has 1 saturated carbocycles. The number of rotatable bonds is 6. The van der Waals surface area contributed by atoms with Gasteiger partial charge in [-0.3, -0.25) is 4.79 Å². The third-order valence-electron chi connectivity index (χ3n) is 5.91. The Hall–Kier alpha value is -3.48. The minimum atomic E-state index is -0.930. The molecule has 7 nitrogen and oxygen atoms in total. The molecule has 1 fully saturated rings. The van der Waals surface area contributed by atoms with Crippen molar-refractivity contribution in [2.24, 2.45) is 5.92 Å². The van der Waals surface area contributed by atoms with Crippen molar-refractivity contribution in [3.8, 4) is 17.1 Å². The molecule has 1 heterocycles. The van der Waals surface area contributed by atoms with Gasteiger partial charge in [0.15, 0.2) is 11.9 Å². The Kier molecular flexibility index (Phi) is 6.63. The molecule has 1 aromatic heterocycles. The van der Waals surface area contributed by atoms with E-state index in [9.17, 15) is 9.59 Å². The molecule has 32 heavy (non-hydrogen) atoms. The number of amides is 1. The van der Waals surface area contributed by atoms with Crippen LogP contribution in [0.15, 0.2) is 60.7 Å². The van der Waals surface area contributed by atoms with Crippen LogP contribution in [0.5, 0.6) is 0 Å². The first-order valence-electron chi connectivity index (χ1n) is 11.1. The summed E-state index contributed by atoms with van der Waals surface area (Å²) >= 11 is 0. The first-order valence-corrected chi connectivity index (χ1v) is 11.1. The summed E-state index contributed by atoms with van der Waals surface area (Å²) in [5.74, 6) is -0.151. The molecule has 1 N–H and O–H groups in total. The summed E-state index contributed by atoms with van der Waals surface area (Å²) in [6, 6.07) is 19.1. The summed E-state index contributed by atoms with van der Waals surface area (Å²) in [5.41, 5.74) is 1.59. The zero-order chi connectivity index (χ0) is 22.5. The van der Waals surface area contributed by atoms with E-state index in [1.807, 2.05) is 60.7 Å². The van der Waals surface area contributed by atoms with Gasteiger partial charge in [0.25, 0.3) is 11.7 Å². The van der Waals surface area contributed by atoms with Crippen molar-refractivity contribution in [2.75, 3.05) is 0 Å². The number of nitrogens with zero attached hydrogens (tertiary/aromatic N) is 3. The van der Waals surface area contributed by atoms with Gasteiger partial charge in [0.05, 0.1) is 5.69 Å². The maximum Gasteiger partial charge on any atom is 0.379 e. The Morgan fingerprint density at radius 3 is 2.38 bits per heavy atom. The first kappa shape index (κ1) is 21.7. The van der Waals surface area contributed by atoms with Gasteiger partial charge in [-0.25, -0.2) is 14.5 Å². The first-order chi connectivity index (χ1) is 15.5. The van der Waals surface area contributed by atoms with Gasteiger partial charge in [0.2, 0.25) is 0 Å². The Balaban J connectivity index is 1.52. The minimum Gasteiger partial charge on any atom is -0.447 e. The number of nitrogens with one attached hydrogen (secondary N) is 1. The lowest BCUT2D eigenvalue weighted by Crippen LogP contribution is -2.46. The molecule has 1 aliphatic rings. The molecule has 3 atom stereocenters. The quantitative estimate of drug-likeness (QED) is 0.591. The molecule has 0 spiro atoms. The van der Waals surface area contributed by atoms with Crippen LogP contribution in [0.4, 0.5) is 0 Å². The zero-order valence-electron chi connectivity index (χ0n) is 18.4. The lowest BCUT2D eigenvalue weighted by atomic mass is 9.86. The van der Waals surface area contributed by atoms with E-state index in [1.54, 1.807) is 11.6 Å². The summed E-state index contributed by atoms with van der Waals surface area (Å²) in [4.78, 5) is 29.9. The lowest BCUT2D eigenvalue weighted by molar-refractivity contribution is -0.130. The molecule has 166 valence electrons. The van der Waals surface area contributed by atoms with Gasteiger partial charge >= 0.3 is 5.97 Å². The molecule has 0 saturated heterocycles. The number of aromatic nitrogens is 3. The van der Waals surface area contributed by atoms with Crippen LogP contribution in [0.25, 0.3) is 17.1 Å². The van der Waals surface area contributed by atoms with E-state index in [0.717, 1.165) is 30.5 Å². The van der Waals surface area contributed by atoms with Gasteiger partial charge < -0.3 is 10.1 Å².